The van der Waals surface area contributed by atoms with E-state index in [9.17, 15) is 17.6 Å². The van der Waals surface area contributed by atoms with Gasteiger partial charge in [0.05, 0.1) is 11.4 Å². The zero-order valence-corrected chi connectivity index (χ0v) is 15.7. The standard InChI is InChI=1S/C19H23FN2O3S/c1-3-22(14-13-16-7-5-4-6-8-16)19(23)15-21(2)26(24,25)18-11-9-17(20)10-12-18/h4-12H,3,13-15H2,1-2H3. The molecule has 0 aliphatic carbocycles. The van der Waals surface area contributed by atoms with Crippen LogP contribution in [0.2, 0.25) is 0 Å². The van der Waals surface area contributed by atoms with Gasteiger partial charge in [-0.05, 0) is 43.2 Å². The lowest BCUT2D eigenvalue weighted by atomic mass is 10.1. The van der Waals surface area contributed by atoms with E-state index in [1.807, 2.05) is 37.3 Å². The van der Waals surface area contributed by atoms with Crippen molar-refractivity contribution in [2.75, 3.05) is 26.7 Å². The largest absolute Gasteiger partial charge is 0.342 e. The fourth-order valence-corrected chi connectivity index (χ4v) is 3.65. The zero-order valence-electron chi connectivity index (χ0n) is 14.9. The van der Waals surface area contributed by atoms with Gasteiger partial charge in [0.25, 0.3) is 0 Å². The van der Waals surface area contributed by atoms with Gasteiger partial charge in [-0.3, -0.25) is 4.79 Å². The van der Waals surface area contributed by atoms with E-state index in [4.69, 9.17) is 0 Å². The molecule has 7 heteroatoms. The van der Waals surface area contributed by atoms with Crippen LogP contribution in [0.25, 0.3) is 0 Å². The van der Waals surface area contributed by atoms with E-state index in [1.165, 1.54) is 19.2 Å². The van der Waals surface area contributed by atoms with Crippen LogP contribution < -0.4 is 0 Å². The predicted molar refractivity (Wildman–Crippen MR) is 98.6 cm³/mol. The van der Waals surface area contributed by atoms with Crippen molar-refractivity contribution in [1.29, 1.82) is 0 Å². The van der Waals surface area contributed by atoms with Crippen molar-refractivity contribution >= 4 is 15.9 Å². The van der Waals surface area contributed by atoms with Gasteiger partial charge in [-0.15, -0.1) is 0 Å². The van der Waals surface area contributed by atoms with E-state index >= 15 is 0 Å². The first-order valence-corrected chi connectivity index (χ1v) is 9.82. The van der Waals surface area contributed by atoms with Crippen LogP contribution in [-0.2, 0) is 21.2 Å². The van der Waals surface area contributed by atoms with Gasteiger partial charge in [0, 0.05) is 20.1 Å². The second-order valence-corrected chi connectivity index (χ2v) is 7.97. The lowest BCUT2D eigenvalue weighted by molar-refractivity contribution is -0.131. The van der Waals surface area contributed by atoms with Crippen LogP contribution >= 0.6 is 0 Å². The van der Waals surface area contributed by atoms with Crippen LogP contribution in [0.5, 0.6) is 0 Å². The molecule has 0 aliphatic heterocycles. The Kier molecular flexibility index (Phi) is 6.88. The van der Waals surface area contributed by atoms with Crippen LogP contribution in [-0.4, -0.2) is 50.2 Å². The number of nitrogens with zero attached hydrogens (tertiary/aromatic N) is 2. The van der Waals surface area contributed by atoms with Crippen molar-refractivity contribution in [2.24, 2.45) is 0 Å². The summed E-state index contributed by atoms with van der Waals surface area (Å²) in [5.74, 6) is -0.780. The maximum absolute atomic E-state index is 13.0. The van der Waals surface area contributed by atoms with Gasteiger partial charge in [-0.2, -0.15) is 4.31 Å². The normalized spacial score (nSPS) is 11.5. The first kappa shape index (κ1) is 20.1. The molecule has 5 nitrogen and oxygen atoms in total. The van der Waals surface area contributed by atoms with Crippen LogP contribution in [0.3, 0.4) is 0 Å². The minimum Gasteiger partial charge on any atom is -0.342 e. The number of amides is 1. The number of rotatable bonds is 8. The van der Waals surface area contributed by atoms with Gasteiger partial charge in [-0.25, -0.2) is 12.8 Å². The average molecular weight is 378 g/mol. The number of carbonyl (C=O) groups is 1. The molecule has 140 valence electrons. The van der Waals surface area contributed by atoms with Gasteiger partial charge >= 0.3 is 0 Å². The molecular weight excluding hydrogens is 355 g/mol. The molecule has 0 spiro atoms. The quantitative estimate of drug-likeness (QED) is 0.709. The Balaban J connectivity index is 2.00. The molecule has 0 aliphatic rings. The third kappa shape index (κ3) is 5.12. The molecule has 0 saturated carbocycles. The topological polar surface area (TPSA) is 57.7 Å². The second-order valence-electron chi connectivity index (χ2n) is 5.92. The Bertz CT molecular complexity index is 824. The number of hydrogen-bond donors (Lipinski definition) is 0. The van der Waals surface area contributed by atoms with E-state index in [1.54, 1.807) is 4.90 Å². The summed E-state index contributed by atoms with van der Waals surface area (Å²) in [4.78, 5) is 14.1. The maximum Gasteiger partial charge on any atom is 0.243 e. The van der Waals surface area contributed by atoms with Gasteiger partial charge in [0.2, 0.25) is 15.9 Å². The van der Waals surface area contributed by atoms with Crippen LogP contribution in [0.15, 0.2) is 59.5 Å². The third-order valence-corrected chi connectivity index (χ3v) is 5.95. The highest BCUT2D eigenvalue weighted by Gasteiger charge is 2.24. The highest BCUT2D eigenvalue weighted by Crippen LogP contribution is 2.15. The molecule has 0 aromatic heterocycles. The summed E-state index contributed by atoms with van der Waals surface area (Å²) in [7, 11) is -2.49. The van der Waals surface area contributed by atoms with E-state index < -0.39 is 15.8 Å². The van der Waals surface area contributed by atoms with Gasteiger partial charge < -0.3 is 4.90 Å². The molecule has 0 saturated heterocycles. The Morgan fingerprint density at radius 3 is 2.23 bits per heavy atom. The Morgan fingerprint density at radius 1 is 1.04 bits per heavy atom. The van der Waals surface area contributed by atoms with E-state index in [0.29, 0.717) is 19.5 Å². The monoisotopic (exact) mass is 378 g/mol. The number of halogens is 1. The Hall–Kier alpha value is -2.25. The van der Waals surface area contributed by atoms with Gasteiger partial charge in [0.1, 0.15) is 5.82 Å². The summed E-state index contributed by atoms with van der Waals surface area (Å²) in [6.45, 7) is 2.61. The maximum atomic E-state index is 13.0. The van der Waals surface area contributed by atoms with Gasteiger partial charge in [-0.1, -0.05) is 30.3 Å². The highest BCUT2D eigenvalue weighted by molar-refractivity contribution is 7.89. The smallest absolute Gasteiger partial charge is 0.243 e. The Morgan fingerprint density at radius 2 is 1.65 bits per heavy atom. The zero-order chi connectivity index (χ0) is 19.2. The molecular formula is C19H23FN2O3S. The van der Waals surface area contributed by atoms with Crippen molar-refractivity contribution in [3.05, 3.63) is 66.0 Å². The molecule has 2 aromatic rings. The SMILES string of the molecule is CCN(CCc1ccccc1)C(=O)CN(C)S(=O)(=O)c1ccc(F)cc1. The molecule has 0 radical (unpaired) electrons. The van der Waals surface area contributed by atoms with Crippen molar-refractivity contribution in [3.63, 3.8) is 0 Å². The summed E-state index contributed by atoms with van der Waals surface area (Å²) in [6, 6.07) is 14.3. The average Bonchev–Trinajstić information content (AvgIpc) is 2.63. The Labute approximate surface area is 154 Å². The molecule has 1 amide bonds. The van der Waals surface area contributed by atoms with E-state index in [2.05, 4.69) is 0 Å². The molecule has 0 N–H and O–H groups in total. The summed E-state index contributed by atoms with van der Waals surface area (Å²) < 4.78 is 39.0. The summed E-state index contributed by atoms with van der Waals surface area (Å²) in [6.07, 6.45) is 0.703. The van der Waals surface area contributed by atoms with Crippen LogP contribution in [0, 0.1) is 5.82 Å². The molecule has 26 heavy (non-hydrogen) atoms. The van der Waals surface area contributed by atoms with Crippen LogP contribution in [0.1, 0.15) is 12.5 Å². The lowest BCUT2D eigenvalue weighted by Gasteiger charge is -2.24. The fourth-order valence-electron chi connectivity index (χ4n) is 2.53. The second kappa shape index (κ2) is 8.91. The highest BCUT2D eigenvalue weighted by atomic mass is 32.2. The molecule has 0 bridgehead atoms. The molecule has 0 atom stereocenters. The first-order chi connectivity index (χ1) is 12.3. The summed E-state index contributed by atoms with van der Waals surface area (Å²) in [5.41, 5.74) is 1.12. The first-order valence-electron chi connectivity index (χ1n) is 8.38. The van der Waals surface area contributed by atoms with Crippen molar-refractivity contribution in [1.82, 2.24) is 9.21 Å². The molecule has 2 aromatic carbocycles. The third-order valence-electron chi connectivity index (χ3n) is 4.13. The molecule has 2 rings (SSSR count). The fraction of sp³-hybridized carbons (Fsp3) is 0.316. The molecule has 0 heterocycles. The van der Waals surface area contributed by atoms with Crippen molar-refractivity contribution < 1.29 is 17.6 Å². The lowest BCUT2D eigenvalue weighted by Crippen LogP contribution is -2.41. The number of hydrogen-bond acceptors (Lipinski definition) is 3. The molecule has 0 fully saturated rings. The van der Waals surface area contributed by atoms with E-state index in [0.717, 1.165) is 22.0 Å². The van der Waals surface area contributed by atoms with Crippen molar-refractivity contribution in [3.8, 4) is 0 Å². The number of sulfonamides is 1. The predicted octanol–water partition coefficient (Wildman–Crippen LogP) is 2.54. The number of benzene rings is 2. The minimum atomic E-state index is -3.84. The molecule has 0 unspecified atom stereocenters. The minimum absolute atomic E-state index is 0.0402. The van der Waals surface area contributed by atoms with Gasteiger partial charge in [0.15, 0.2) is 0 Å². The van der Waals surface area contributed by atoms with E-state index in [-0.39, 0.29) is 17.3 Å². The van der Waals surface area contributed by atoms with Crippen molar-refractivity contribution in [2.45, 2.75) is 18.2 Å². The van der Waals surface area contributed by atoms with Crippen LogP contribution in [0.4, 0.5) is 4.39 Å². The summed E-state index contributed by atoms with van der Waals surface area (Å²) in [5, 5.41) is 0. The number of carbonyl (C=O) groups excluding carboxylic acids is 1. The summed E-state index contributed by atoms with van der Waals surface area (Å²) >= 11 is 0. The number of likely N-dealkylation sites (N-methyl/N-ethyl adjacent to an activating group) is 2.